The molecule has 1 aromatic heterocycles. The number of aromatic nitrogens is 3. The molecule has 1 aromatic carbocycles. The first-order valence-corrected chi connectivity index (χ1v) is 7.21. The summed E-state index contributed by atoms with van der Waals surface area (Å²) in [6.07, 6.45) is 0.682. The molecule has 120 valence electrons. The van der Waals surface area contributed by atoms with Crippen LogP contribution in [0, 0.1) is 6.92 Å². The van der Waals surface area contributed by atoms with Crippen molar-refractivity contribution in [2.24, 2.45) is 0 Å². The Balaban J connectivity index is 1.70. The van der Waals surface area contributed by atoms with E-state index in [0.717, 1.165) is 11.5 Å². The smallest absolute Gasteiger partial charge is 0.332 e. The Morgan fingerprint density at radius 2 is 2.13 bits per heavy atom. The Morgan fingerprint density at radius 3 is 2.78 bits per heavy atom. The van der Waals surface area contributed by atoms with E-state index in [1.54, 1.807) is 29.1 Å². The zero-order valence-electron chi connectivity index (χ0n) is 12.5. The molecule has 1 aliphatic rings. The Hall–Kier alpha value is -2.74. The third-order valence-electron chi connectivity index (χ3n) is 3.70. The molecule has 0 saturated carbocycles. The van der Waals surface area contributed by atoms with Gasteiger partial charge in [0.1, 0.15) is 18.3 Å². The number of hydrogen-bond acceptors (Lipinski definition) is 5. The van der Waals surface area contributed by atoms with Gasteiger partial charge in [0.25, 0.3) is 5.91 Å². The van der Waals surface area contributed by atoms with Crippen LogP contribution >= 0.6 is 0 Å². The zero-order chi connectivity index (χ0) is 16.4. The van der Waals surface area contributed by atoms with Crippen molar-refractivity contribution in [3.8, 4) is 5.69 Å². The quantitative estimate of drug-likeness (QED) is 0.876. The lowest BCUT2D eigenvalue weighted by Crippen LogP contribution is -2.29. The molecule has 0 aliphatic carbocycles. The minimum Gasteiger partial charge on any atom is -0.479 e. The summed E-state index contributed by atoms with van der Waals surface area (Å²) in [5.74, 6) is -0.645. The number of anilines is 1. The molecule has 2 N–H and O–H groups in total. The molecule has 1 saturated heterocycles. The van der Waals surface area contributed by atoms with Crippen LogP contribution in [0.15, 0.2) is 30.6 Å². The van der Waals surface area contributed by atoms with Crippen LogP contribution < -0.4 is 5.32 Å². The fraction of sp³-hybridized carbons (Fsp3) is 0.333. The SMILES string of the molecule is Cc1nncn1-c1cccc(NC(=O)[C@@H]2CC[C@H](C(=O)O)O2)c1. The number of carboxylic acid groups (broad SMARTS) is 1. The second-order valence-electron chi connectivity index (χ2n) is 5.32. The highest BCUT2D eigenvalue weighted by molar-refractivity contribution is 5.95. The number of nitrogens with zero attached hydrogens (tertiary/aromatic N) is 3. The summed E-state index contributed by atoms with van der Waals surface area (Å²) in [7, 11) is 0. The predicted octanol–water partition coefficient (Wildman–Crippen LogP) is 1.15. The largest absolute Gasteiger partial charge is 0.479 e. The molecule has 0 radical (unpaired) electrons. The van der Waals surface area contributed by atoms with Gasteiger partial charge in [-0.15, -0.1) is 10.2 Å². The molecule has 0 spiro atoms. The van der Waals surface area contributed by atoms with E-state index >= 15 is 0 Å². The summed E-state index contributed by atoms with van der Waals surface area (Å²) < 4.78 is 7.04. The number of rotatable bonds is 4. The van der Waals surface area contributed by atoms with Gasteiger partial charge in [0.2, 0.25) is 0 Å². The van der Waals surface area contributed by atoms with Gasteiger partial charge >= 0.3 is 5.97 Å². The van der Waals surface area contributed by atoms with Gasteiger partial charge in [-0.25, -0.2) is 4.79 Å². The average Bonchev–Trinajstić information content (AvgIpc) is 3.16. The first-order chi connectivity index (χ1) is 11.0. The standard InChI is InChI=1S/C15H16N4O4/c1-9-18-16-8-19(9)11-4-2-3-10(7-11)17-14(20)12-5-6-13(23-12)15(21)22/h2-4,7-8,12-13H,5-6H2,1H3,(H,17,20)(H,21,22)/t12-,13+/m0/s1. The van der Waals surface area contributed by atoms with E-state index in [-0.39, 0.29) is 5.91 Å². The maximum absolute atomic E-state index is 12.2. The van der Waals surface area contributed by atoms with E-state index in [2.05, 4.69) is 15.5 Å². The molecule has 2 heterocycles. The summed E-state index contributed by atoms with van der Waals surface area (Å²) in [5.41, 5.74) is 1.42. The summed E-state index contributed by atoms with van der Waals surface area (Å²) in [6, 6.07) is 7.22. The fourth-order valence-electron chi connectivity index (χ4n) is 2.51. The molecule has 2 aromatic rings. The van der Waals surface area contributed by atoms with Crippen LogP contribution in [0.4, 0.5) is 5.69 Å². The summed E-state index contributed by atoms with van der Waals surface area (Å²) >= 11 is 0. The molecule has 1 amide bonds. The first-order valence-electron chi connectivity index (χ1n) is 7.21. The number of carbonyl (C=O) groups is 2. The van der Waals surface area contributed by atoms with Crippen molar-refractivity contribution in [1.82, 2.24) is 14.8 Å². The highest BCUT2D eigenvalue weighted by Crippen LogP contribution is 2.22. The van der Waals surface area contributed by atoms with Crippen molar-refractivity contribution in [3.63, 3.8) is 0 Å². The maximum Gasteiger partial charge on any atom is 0.332 e. The van der Waals surface area contributed by atoms with Crippen LogP contribution in [0.2, 0.25) is 0 Å². The molecule has 23 heavy (non-hydrogen) atoms. The molecule has 8 heteroatoms. The minimum atomic E-state index is -1.04. The van der Waals surface area contributed by atoms with Crippen molar-refractivity contribution in [3.05, 3.63) is 36.4 Å². The van der Waals surface area contributed by atoms with Gasteiger partial charge in [-0.2, -0.15) is 0 Å². The molecular weight excluding hydrogens is 300 g/mol. The first kappa shape index (κ1) is 15.2. The number of nitrogens with one attached hydrogen (secondary N) is 1. The van der Waals surface area contributed by atoms with Gasteiger partial charge in [-0.05, 0) is 38.0 Å². The van der Waals surface area contributed by atoms with E-state index in [1.165, 1.54) is 0 Å². The van der Waals surface area contributed by atoms with Crippen LogP contribution in [0.25, 0.3) is 5.69 Å². The van der Waals surface area contributed by atoms with Gasteiger partial charge in [0.05, 0.1) is 5.69 Å². The Labute approximate surface area is 132 Å². The number of hydrogen-bond donors (Lipinski definition) is 2. The number of aryl methyl sites for hydroxylation is 1. The lowest BCUT2D eigenvalue weighted by atomic mass is 10.2. The topological polar surface area (TPSA) is 106 Å². The average molecular weight is 316 g/mol. The molecule has 1 fully saturated rings. The minimum absolute atomic E-state index is 0.341. The summed E-state index contributed by atoms with van der Waals surface area (Å²) in [4.78, 5) is 23.1. The Kier molecular flexibility index (Phi) is 4.07. The number of carbonyl (C=O) groups excluding carboxylic acids is 1. The Bertz CT molecular complexity index is 743. The van der Waals surface area contributed by atoms with Crippen molar-refractivity contribution >= 4 is 17.6 Å². The van der Waals surface area contributed by atoms with Crippen LogP contribution in [0.1, 0.15) is 18.7 Å². The van der Waals surface area contributed by atoms with Crippen molar-refractivity contribution in [2.45, 2.75) is 32.0 Å². The van der Waals surface area contributed by atoms with Crippen molar-refractivity contribution in [1.29, 1.82) is 0 Å². The van der Waals surface area contributed by atoms with Gasteiger partial charge in [-0.3, -0.25) is 9.36 Å². The highest BCUT2D eigenvalue weighted by atomic mass is 16.5. The van der Waals surface area contributed by atoms with Gasteiger partial charge in [-0.1, -0.05) is 6.07 Å². The number of aliphatic carboxylic acids is 1. The van der Waals surface area contributed by atoms with Gasteiger partial charge < -0.3 is 15.2 Å². The van der Waals surface area contributed by atoms with Crippen molar-refractivity contribution in [2.75, 3.05) is 5.32 Å². The van der Waals surface area contributed by atoms with Crippen LogP contribution in [0.5, 0.6) is 0 Å². The Morgan fingerprint density at radius 1 is 1.35 bits per heavy atom. The lowest BCUT2D eigenvalue weighted by Gasteiger charge is -2.13. The van der Waals surface area contributed by atoms with Gasteiger partial charge in [0, 0.05) is 5.69 Å². The monoisotopic (exact) mass is 316 g/mol. The van der Waals surface area contributed by atoms with E-state index < -0.39 is 18.2 Å². The van der Waals surface area contributed by atoms with Crippen LogP contribution in [-0.2, 0) is 14.3 Å². The number of carboxylic acids is 1. The second kappa shape index (κ2) is 6.17. The highest BCUT2D eigenvalue weighted by Gasteiger charge is 2.34. The normalized spacial score (nSPS) is 20.4. The van der Waals surface area contributed by atoms with Gasteiger partial charge in [0.15, 0.2) is 6.10 Å². The second-order valence-corrected chi connectivity index (χ2v) is 5.32. The summed E-state index contributed by atoms with van der Waals surface area (Å²) in [6.45, 7) is 1.83. The van der Waals surface area contributed by atoms with E-state index in [1.807, 2.05) is 13.0 Å². The lowest BCUT2D eigenvalue weighted by molar-refractivity contribution is -0.150. The third-order valence-corrected chi connectivity index (χ3v) is 3.70. The zero-order valence-corrected chi connectivity index (χ0v) is 12.5. The number of amides is 1. The van der Waals surface area contributed by atoms with E-state index in [9.17, 15) is 9.59 Å². The molecule has 3 rings (SSSR count). The van der Waals surface area contributed by atoms with Crippen LogP contribution in [0.3, 0.4) is 0 Å². The van der Waals surface area contributed by atoms with Crippen molar-refractivity contribution < 1.29 is 19.4 Å². The molecule has 0 bridgehead atoms. The number of ether oxygens (including phenoxy) is 1. The van der Waals surface area contributed by atoms with E-state index in [4.69, 9.17) is 9.84 Å². The summed E-state index contributed by atoms with van der Waals surface area (Å²) in [5, 5.41) is 19.4. The molecule has 0 unspecified atom stereocenters. The third kappa shape index (κ3) is 3.21. The van der Waals surface area contributed by atoms with E-state index in [0.29, 0.717) is 18.5 Å². The molecular formula is C15H16N4O4. The molecule has 1 aliphatic heterocycles. The van der Waals surface area contributed by atoms with Crippen LogP contribution in [-0.4, -0.2) is 44.0 Å². The predicted molar refractivity (Wildman–Crippen MR) is 80.3 cm³/mol. The fourth-order valence-corrected chi connectivity index (χ4v) is 2.51. The maximum atomic E-state index is 12.2. The number of benzene rings is 1. The molecule has 8 nitrogen and oxygen atoms in total. The molecule has 2 atom stereocenters.